The molecule has 2 unspecified atom stereocenters. The second kappa shape index (κ2) is 8.30. The van der Waals surface area contributed by atoms with Gasteiger partial charge in [-0.25, -0.2) is 9.78 Å². The number of oxime groups is 1. The second-order valence-corrected chi connectivity index (χ2v) is 7.38. The molecule has 4 heterocycles. The Bertz CT molecular complexity index is 945. The zero-order chi connectivity index (χ0) is 22.0. The molecule has 2 aliphatic heterocycles. The Morgan fingerprint density at radius 1 is 1.39 bits per heavy atom. The van der Waals surface area contributed by atoms with Gasteiger partial charge in [-0.3, -0.25) is 9.63 Å². The third-order valence-corrected chi connectivity index (χ3v) is 5.66. The molecule has 2 fully saturated rings. The first-order chi connectivity index (χ1) is 15.0. The van der Waals surface area contributed by atoms with E-state index in [4.69, 9.17) is 4.74 Å². The minimum atomic E-state index is -0.883. The Labute approximate surface area is 178 Å². The highest BCUT2D eigenvalue weighted by Gasteiger charge is 2.76. The summed E-state index contributed by atoms with van der Waals surface area (Å²) in [5.74, 6) is 1.19. The Morgan fingerprint density at radius 2 is 2.16 bits per heavy atom. The van der Waals surface area contributed by atoms with Gasteiger partial charge in [0.2, 0.25) is 0 Å². The number of carbonyl (C=O) groups is 2. The molecule has 2 N–H and O–H groups in total. The summed E-state index contributed by atoms with van der Waals surface area (Å²) in [4.78, 5) is 39.5. The molecule has 4 rings (SSSR count). The van der Waals surface area contributed by atoms with Crippen LogP contribution in [0.15, 0.2) is 42.2 Å². The van der Waals surface area contributed by atoms with Crippen molar-refractivity contribution in [3.8, 4) is 0 Å². The maximum absolute atomic E-state index is 13.0. The summed E-state index contributed by atoms with van der Waals surface area (Å²) in [6.45, 7) is 2.77. The van der Waals surface area contributed by atoms with Gasteiger partial charge >= 0.3 is 6.16 Å². The van der Waals surface area contributed by atoms with Crippen molar-refractivity contribution in [3.63, 3.8) is 0 Å². The number of piperazine rings is 1. The molecule has 1 amide bonds. The number of nitrogens with zero attached hydrogens (tertiary/aromatic N) is 5. The number of aromatic nitrogens is 3. The van der Waals surface area contributed by atoms with E-state index in [2.05, 4.69) is 30.0 Å². The fraction of sp³-hybridized carbons (Fsp3) is 0.474. The van der Waals surface area contributed by atoms with Crippen LogP contribution in [0.25, 0.3) is 0 Å². The van der Waals surface area contributed by atoms with Crippen LogP contribution in [-0.4, -0.2) is 82.8 Å². The summed E-state index contributed by atoms with van der Waals surface area (Å²) in [5.41, 5.74) is -0.794. The van der Waals surface area contributed by atoms with Crippen molar-refractivity contribution in [2.24, 2.45) is 5.16 Å². The number of hydrogen-bond acceptors (Lipinski definition) is 8. The maximum Gasteiger partial charge on any atom is 0.534 e. The third-order valence-electron chi connectivity index (χ3n) is 5.66. The number of likely N-dealkylation sites (N-methyl/N-ethyl adjacent to an activating group) is 1. The topological polar surface area (TPSA) is 126 Å². The number of amides is 1. The van der Waals surface area contributed by atoms with E-state index in [1.165, 1.54) is 7.11 Å². The lowest BCUT2D eigenvalue weighted by Crippen LogP contribution is -2.42. The summed E-state index contributed by atoms with van der Waals surface area (Å²) in [6, 6.07) is 3.76. The van der Waals surface area contributed by atoms with Crippen molar-refractivity contribution in [3.05, 3.63) is 37.1 Å². The van der Waals surface area contributed by atoms with Gasteiger partial charge in [0.05, 0.1) is 32.8 Å². The van der Waals surface area contributed by atoms with Crippen LogP contribution in [0, 0.1) is 0 Å². The Balaban J connectivity index is 1.38. The quantitative estimate of drug-likeness (QED) is 0.118. The lowest BCUT2D eigenvalue weighted by atomic mass is 10.1. The van der Waals surface area contributed by atoms with Gasteiger partial charge < -0.3 is 34.1 Å². The molecular weight excluding hydrogens is 406 g/mol. The van der Waals surface area contributed by atoms with E-state index in [1.54, 1.807) is 31.4 Å². The van der Waals surface area contributed by atoms with Crippen molar-refractivity contribution in [1.29, 1.82) is 0 Å². The van der Waals surface area contributed by atoms with Crippen LogP contribution in [0.1, 0.15) is 13.1 Å². The zero-order valence-electron chi connectivity index (χ0n) is 17.5. The second-order valence-electron chi connectivity index (χ2n) is 7.38. The molecule has 31 heavy (non-hydrogen) atoms. The standard InChI is InChI=1S/C19H25N7O5/c1-13(23-31-18(28)29-3)24(2)8-9-30-11-19-15(26(19)14-10-20-12-21-14)16(22-17(19)27)25-6-4-5-7-25/h4-7,10,12,15-16H,8-9,11H2,1-3H3,(H,20,21)(H,22,27)/t15?,16?,19-,26?/m1/s1. The van der Waals surface area contributed by atoms with Gasteiger partial charge in [-0.15, -0.1) is 0 Å². The summed E-state index contributed by atoms with van der Waals surface area (Å²) >= 11 is 0. The Morgan fingerprint density at radius 3 is 2.84 bits per heavy atom. The van der Waals surface area contributed by atoms with Crippen LogP contribution in [-0.2, 0) is 19.1 Å². The lowest BCUT2D eigenvalue weighted by molar-refractivity contribution is -0.123. The number of rotatable bonds is 8. The summed E-state index contributed by atoms with van der Waals surface area (Å²) in [5, 5.41) is 6.76. The number of anilines is 1. The molecule has 0 spiro atoms. The number of methoxy groups -OCH3 is 1. The molecule has 0 radical (unpaired) electrons. The molecular formula is C19H25N7O5. The highest BCUT2D eigenvalue weighted by atomic mass is 16.8. The molecule has 3 atom stereocenters. The lowest BCUT2D eigenvalue weighted by Gasteiger charge is -2.21. The van der Waals surface area contributed by atoms with Crippen LogP contribution in [0.5, 0.6) is 0 Å². The van der Waals surface area contributed by atoms with E-state index in [0.29, 0.717) is 19.0 Å². The predicted molar refractivity (Wildman–Crippen MR) is 109 cm³/mol. The first kappa shape index (κ1) is 20.7. The minimum absolute atomic E-state index is 0.0802. The molecule has 2 aliphatic rings. The largest absolute Gasteiger partial charge is 0.534 e. The van der Waals surface area contributed by atoms with E-state index in [1.807, 2.05) is 34.0 Å². The van der Waals surface area contributed by atoms with Crippen LogP contribution in [0.4, 0.5) is 10.6 Å². The first-order valence-electron chi connectivity index (χ1n) is 9.78. The van der Waals surface area contributed by atoms with Crippen molar-refractivity contribution < 1.29 is 23.9 Å². The number of imidazole rings is 1. The fourth-order valence-electron chi connectivity index (χ4n) is 3.88. The molecule has 0 bridgehead atoms. The van der Waals surface area contributed by atoms with Gasteiger partial charge in [0.1, 0.15) is 23.9 Å². The van der Waals surface area contributed by atoms with Gasteiger partial charge in [0.25, 0.3) is 5.91 Å². The summed E-state index contributed by atoms with van der Waals surface area (Å²) < 4.78 is 12.3. The highest BCUT2D eigenvalue weighted by Crippen LogP contribution is 2.53. The number of H-pyrrole nitrogens is 1. The average molecular weight is 431 g/mol. The molecule has 166 valence electrons. The van der Waals surface area contributed by atoms with Crippen LogP contribution < -0.4 is 10.2 Å². The molecule has 2 aromatic rings. The number of fused-ring (bicyclic) bond motifs is 1. The Hall–Kier alpha value is -3.54. The van der Waals surface area contributed by atoms with E-state index < -0.39 is 11.7 Å². The van der Waals surface area contributed by atoms with E-state index in [0.717, 1.165) is 5.82 Å². The number of hydrogen-bond donors (Lipinski definition) is 2. The summed E-state index contributed by atoms with van der Waals surface area (Å²) in [6.07, 6.45) is 6.08. The normalized spacial score (nSPS) is 24.5. The smallest absolute Gasteiger partial charge is 0.436 e. The fourth-order valence-corrected chi connectivity index (χ4v) is 3.88. The van der Waals surface area contributed by atoms with Crippen molar-refractivity contribution in [2.45, 2.75) is 24.7 Å². The molecule has 0 aliphatic carbocycles. The number of nitrogens with one attached hydrogen (secondary N) is 2. The molecule has 2 saturated heterocycles. The van der Waals surface area contributed by atoms with E-state index in [9.17, 15) is 9.59 Å². The molecule has 0 saturated carbocycles. The molecule has 12 nitrogen and oxygen atoms in total. The Kier molecular flexibility index (Phi) is 5.55. The monoisotopic (exact) mass is 431 g/mol. The van der Waals surface area contributed by atoms with Gasteiger partial charge in [-0.2, -0.15) is 0 Å². The molecule has 0 aromatic carbocycles. The van der Waals surface area contributed by atoms with E-state index >= 15 is 0 Å². The van der Waals surface area contributed by atoms with Crippen LogP contribution in [0.2, 0.25) is 0 Å². The van der Waals surface area contributed by atoms with Crippen molar-refractivity contribution in [2.75, 3.05) is 38.8 Å². The average Bonchev–Trinajstić information content (AvgIpc) is 3.28. The number of aromatic amines is 1. The van der Waals surface area contributed by atoms with E-state index in [-0.39, 0.29) is 24.7 Å². The zero-order valence-corrected chi connectivity index (χ0v) is 17.5. The maximum atomic E-state index is 13.0. The minimum Gasteiger partial charge on any atom is -0.436 e. The number of ether oxygens (including phenoxy) is 2. The molecule has 12 heteroatoms. The third kappa shape index (κ3) is 3.69. The SMILES string of the molecule is COC(=O)ON=C(C)N(C)CCOC[C@]12C(=O)NC(n3cccc3)C1N2c1cnc[nH]1. The highest BCUT2D eigenvalue weighted by molar-refractivity contribution is 6.01. The molecule has 2 aromatic heterocycles. The number of carbonyl (C=O) groups excluding carboxylic acids is 2. The van der Waals surface area contributed by atoms with Gasteiger partial charge in [-0.05, 0) is 19.1 Å². The van der Waals surface area contributed by atoms with Crippen molar-refractivity contribution in [1.82, 2.24) is 24.8 Å². The first-order valence-corrected chi connectivity index (χ1v) is 9.78. The van der Waals surface area contributed by atoms with Gasteiger partial charge in [0.15, 0.2) is 5.54 Å². The van der Waals surface area contributed by atoms with Crippen LogP contribution in [0.3, 0.4) is 0 Å². The number of amidine groups is 1. The van der Waals surface area contributed by atoms with Crippen LogP contribution >= 0.6 is 0 Å². The van der Waals surface area contributed by atoms with Gasteiger partial charge in [0, 0.05) is 26.0 Å². The van der Waals surface area contributed by atoms with Gasteiger partial charge in [-0.1, -0.05) is 5.16 Å². The summed E-state index contributed by atoms with van der Waals surface area (Å²) in [7, 11) is 3.00. The predicted octanol–water partition coefficient (Wildman–Crippen LogP) is 0.532. The van der Waals surface area contributed by atoms with Crippen molar-refractivity contribution >= 4 is 23.7 Å².